The molecule has 0 bridgehead atoms. The molecule has 294 valence electrons. The molecule has 0 aromatic heterocycles. The number of anilines is 6. The number of fused-ring (bicyclic) bond motifs is 2. The first-order chi connectivity index (χ1) is 30.7. The minimum Gasteiger partial charge on any atom is -0.310 e. The first-order valence-corrected chi connectivity index (χ1v) is 21.2. The Kier molecular flexibility index (Phi) is 10.8. The van der Waals surface area contributed by atoms with E-state index in [9.17, 15) is 0 Å². The Labute approximate surface area is 364 Å². The Bertz CT molecular complexity index is 2900. The van der Waals surface area contributed by atoms with Crippen molar-refractivity contribution in [3.05, 3.63) is 265 Å². The van der Waals surface area contributed by atoms with Gasteiger partial charge in [-0.15, -0.1) is 0 Å². The highest BCUT2D eigenvalue weighted by atomic mass is 15.1. The summed E-state index contributed by atoms with van der Waals surface area (Å²) in [4.78, 5) is 4.73. The molecule has 0 aliphatic carbocycles. The number of hydrogen-bond donors (Lipinski definition) is 0. The maximum atomic E-state index is 2.37. The van der Waals surface area contributed by atoms with E-state index in [0.717, 1.165) is 56.4 Å². The van der Waals surface area contributed by atoms with Gasteiger partial charge in [0.15, 0.2) is 0 Å². The van der Waals surface area contributed by atoms with Crippen molar-refractivity contribution < 1.29 is 0 Å². The van der Waals surface area contributed by atoms with E-state index in [4.69, 9.17) is 0 Å². The molecule has 0 amide bonds. The van der Waals surface area contributed by atoms with E-state index >= 15 is 0 Å². The fourth-order valence-corrected chi connectivity index (χ4v) is 8.25. The molecule has 0 saturated carbocycles. The zero-order valence-corrected chi connectivity index (χ0v) is 34.3. The van der Waals surface area contributed by atoms with E-state index < -0.39 is 0 Å². The van der Waals surface area contributed by atoms with Crippen LogP contribution in [0.5, 0.6) is 0 Å². The molecule has 0 spiro atoms. The molecule has 0 aliphatic heterocycles. The molecule has 2 heteroatoms. The molecule has 2 nitrogen and oxygen atoms in total. The van der Waals surface area contributed by atoms with Crippen LogP contribution in [-0.2, 0) is 0 Å². The lowest BCUT2D eigenvalue weighted by atomic mass is 10.0. The van der Waals surface area contributed by atoms with Gasteiger partial charge < -0.3 is 9.80 Å². The van der Waals surface area contributed by atoms with Crippen LogP contribution >= 0.6 is 0 Å². The third-order valence-corrected chi connectivity index (χ3v) is 11.4. The van der Waals surface area contributed by atoms with Gasteiger partial charge in [-0.1, -0.05) is 206 Å². The average molecular weight is 793 g/mol. The van der Waals surface area contributed by atoms with Gasteiger partial charge in [0.25, 0.3) is 0 Å². The van der Waals surface area contributed by atoms with E-state index in [1.807, 2.05) is 12.1 Å². The highest BCUT2D eigenvalue weighted by molar-refractivity contribution is 6.00. The molecule has 0 aliphatic rings. The van der Waals surface area contributed by atoms with Gasteiger partial charge in [0.05, 0.1) is 11.4 Å². The molecule has 0 fully saturated rings. The molecule has 0 atom stereocenters. The van der Waals surface area contributed by atoms with Crippen molar-refractivity contribution in [3.8, 4) is 11.1 Å². The molecular formula is C60H44N2. The molecule has 0 N–H and O–H groups in total. The van der Waals surface area contributed by atoms with Crippen molar-refractivity contribution in [2.45, 2.75) is 0 Å². The van der Waals surface area contributed by atoms with Gasteiger partial charge in [-0.25, -0.2) is 0 Å². The van der Waals surface area contributed by atoms with E-state index in [1.54, 1.807) is 0 Å². The third-order valence-electron chi connectivity index (χ3n) is 11.4. The van der Waals surface area contributed by atoms with Crippen molar-refractivity contribution in [2.24, 2.45) is 0 Å². The van der Waals surface area contributed by atoms with Crippen molar-refractivity contribution in [1.29, 1.82) is 0 Å². The Balaban J connectivity index is 0.970. The minimum atomic E-state index is 1.10. The van der Waals surface area contributed by atoms with Crippen LogP contribution in [0.25, 0.3) is 57.0 Å². The van der Waals surface area contributed by atoms with Crippen molar-refractivity contribution >= 4 is 80.0 Å². The van der Waals surface area contributed by atoms with Gasteiger partial charge in [0, 0.05) is 33.5 Å². The zero-order valence-electron chi connectivity index (χ0n) is 34.3. The maximum absolute atomic E-state index is 2.37. The van der Waals surface area contributed by atoms with Crippen LogP contribution in [0, 0.1) is 0 Å². The van der Waals surface area contributed by atoms with E-state index in [0.29, 0.717) is 0 Å². The Morgan fingerprint density at radius 1 is 0.226 bits per heavy atom. The fourth-order valence-electron chi connectivity index (χ4n) is 8.25. The Morgan fingerprint density at radius 3 is 0.887 bits per heavy atom. The fraction of sp³-hybridized carbons (Fsp3) is 0. The van der Waals surface area contributed by atoms with Crippen LogP contribution in [0.3, 0.4) is 0 Å². The summed E-state index contributed by atoms with van der Waals surface area (Å²) in [5, 5.41) is 4.83. The van der Waals surface area contributed by atoms with Crippen LogP contribution in [0.4, 0.5) is 34.1 Å². The molecule has 10 aromatic carbocycles. The van der Waals surface area contributed by atoms with E-state index in [1.165, 1.54) is 32.7 Å². The van der Waals surface area contributed by atoms with Gasteiger partial charge in [-0.2, -0.15) is 0 Å². The van der Waals surface area contributed by atoms with Crippen molar-refractivity contribution in [3.63, 3.8) is 0 Å². The topological polar surface area (TPSA) is 6.48 Å². The van der Waals surface area contributed by atoms with Crippen LogP contribution in [0.2, 0.25) is 0 Å². The van der Waals surface area contributed by atoms with Crippen LogP contribution in [0.15, 0.2) is 243 Å². The molecule has 10 aromatic rings. The molecule has 62 heavy (non-hydrogen) atoms. The highest BCUT2D eigenvalue weighted by Crippen LogP contribution is 2.42. The first kappa shape index (κ1) is 38.0. The normalized spacial score (nSPS) is 11.4. The lowest BCUT2D eigenvalue weighted by Gasteiger charge is -2.27. The third kappa shape index (κ3) is 8.18. The van der Waals surface area contributed by atoms with E-state index in [2.05, 4.69) is 265 Å². The maximum Gasteiger partial charge on any atom is 0.0540 e. The molecular weight excluding hydrogens is 749 g/mol. The summed E-state index contributed by atoms with van der Waals surface area (Å²) in [5.74, 6) is 0. The second-order valence-electron chi connectivity index (χ2n) is 15.4. The van der Waals surface area contributed by atoms with Crippen molar-refractivity contribution in [1.82, 2.24) is 0 Å². The monoisotopic (exact) mass is 792 g/mol. The summed E-state index contributed by atoms with van der Waals surface area (Å²) in [6.45, 7) is 0. The van der Waals surface area contributed by atoms with Gasteiger partial charge in [0.1, 0.15) is 0 Å². The number of rotatable bonds is 11. The van der Waals surface area contributed by atoms with Crippen LogP contribution in [0.1, 0.15) is 22.3 Å². The van der Waals surface area contributed by atoms with Crippen LogP contribution < -0.4 is 9.80 Å². The first-order valence-electron chi connectivity index (χ1n) is 21.2. The number of benzene rings is 10. The second-order valence-corrected chi connectivity index (χ2v) is 15.4. The Hall–Kier alpha value is -8.20. The molecule has 0 heterocycles. The summed E-state index contributed by atoms with van der Waals surface area (Å²) >= 11 is 0. The summed E-state index contributed by atoms with van der Waals surface area (Å²) in [6, 6.07) is 86.8. The largest absolute Gasteiger partial charge is 0.310 e. The standard InChI is InChI=1S/C60H44N2/c1-3-13-45(14-4-1)25-27-47-29-37-53(38-30-47)61(59-23-11-19-51-17-7-9-21-57(51)59)55-41-33-49(34-42-55)50-35-43-56(44-36-50)62(60-24-12-20-52-18-8-10-22-58(52)60)54-39-31-48(32-40-54)28-26-46-15-5-2-6-16-46/h1-44H. The van der Waals surface area contributed by atoms with Gasteiger partial charge in [0.2, 0.25) is 0 Å². The summed E-state index contributed by atoms with van der Waals surface area (Å²) in [6.07, 6.45) is 8.66. The van der Waals surface area contributed by atoms with Crippen LogP contribution in [-0.4, -0.2) is 0 Å². The molecule has 10 rings (SSSR count). The quantitative estimate of drug-likeness (QED) is 0.120. The van der Waals surface area contributed by atoms with Crippen molar-refractivity contribution in [2.75, 3.05) is 9.80 Å². The average Bonchev–Trinajstić information content (AvgIpc) is 3.35. The lowest BCUT2D eigenvalue weighted by Crippen LogP contribution is -2.10. The van der Waals surface area contributed by atoms with E-state index in [-0.39, 0.29) is 0 Å². The second kappa shape index (κ2) is 17.6. The minimum absolute atomic E-state index is 1.10. The smallest absolute Gasteiger partial charge is 0.0540 e. The summed E-state index contributed by atoms with van der Waals surface area (Å²) in [7, 11) is 0. The number of hydrogen-bond acceptors (Lipinski definition) is 2. The zero-order chi connectivity index (χ0) is 41.5. The predicted molar refractivity (Wildman–Crippen MR) is 267 cm³/mol. The SMILES string of the molecule is C(=Cc1ccc(N(c2ccc(-c3ccc(N(c4ccc(C=Cc5ccccc5)cc4)c4cccc5ccccc45)cc3)cc2)c2cccc3ccccc23)cc1)c1ccccc1. The van der Waals surface area contributed by atoms with Gasteiger partial charge in [-0.3, -0.25) is 0 Å². The molecule has 0 saturated heterocycles. The lowest BCUT2D eigenvalue weighted by molar-refractivity contribution is 1.29. The highest BCUT2D eigenvalue weighted by Gasteiger charge is 2.18. The summed E-state index contributed by atoms with van der Waals surface area (Å²) < 4.78 is 0. The van der Waals surface area contributed by atoms with Gasteiger partial charge >= 0.3 is 0 Å². The van der Waals surface area contributed by atoms with Gasteiger partial charge in [-0.05, 0) is 105 Å². The summed E-state index contributed by atoms with van der Waals surface area (Å²) in [5.41, 5.74) is 13.7. The Morgan fingerprint density at radius 2 is 0.516 bits per heavy atom. The predicted octanol–water partition coefficient (Wildman–Crippen LogP) is 16.9. The molecule has 0 unspecified atom stereocenters. The number of nitrogens with zero attached hydrogens (tertiary/aromatic N) is 2. The molecule has 0 radical (unpaired) electrons.